The Kier molecular flexibility index (Phi) is 8.85. The van der Waals surface area contributed by atoms with Crippen molar-refractivity contribution in [1.82, 2.24) is 20.1 Å². The summed E-state index contributed by atoms with van der Waals surface area (Å²) in [5.74, 6) is -0.430. The summed E-state index contributed by atoms with van der Waals surface area (Å²) in [6.45, 7) is 6.00. The number of amides is 1. The van der Waals surface area contributed by atoms with Crippen LogP contribution in [0.2, 0.25) is 0 Å². The zero-order valence-electron chi connectivity index (χ0n) is 19.3. The predicted octanol–water partition coefficient (Wildman–Crippen LogP) is 3.26. The van der Waals surface area contributed by atoms with Gasteiger partial charge in [0.2, 0.25) is 0 Å². The number of hydrogen-bond acceptors (Lipinski definition) is 7. The average Bonchev–Trinajstić information content (AvgIpc) is 2.82. The van der Waals surface area contributed by atoms with Crippen molar-refractivity contribution < 1.29 is 14.7 Å². The van der Waals surface area contributed by atoms with Gasteiger partial charge in [0.1, 0.15) is 6.04 Å². The van der Waals surface area contributed by atoms with Crippen LogP contribution in [0, 0.1) is 5.92 Å². The van der Waals surface area contributed by atoms with Gasteiger partial charge in [0.15, 0.2) is 5.17 Å². The van der Waals surface area contributed by atoms with Gasteiger partial charge in [0.25, 0.3) is 5.91 Å². The first kappa shape index (κ1) is 24.7. The Labute approximate surface area is 199 Å². The van der Waals surface area contributed by atoms with Crippen LogP contribution in [-0.4, -0.2) is 63.4 Å². The number of nitrogens with zero attached hydrogens (tertiary/aromatic N) is 4. The van der Waals surface area contributed by atoms with E-state index in [4.69, 9.17) is 0 Å². The van der Waals surface area contributed by atoms with Gasteiger partial charge < -0.3 is 15.3 Å². The fourth-order valence-corrected chi connectivity index (χ4v) is 4.36. The van der Waals surface area contributed by atoms with Crippen LogP contribution in [0.15, 0.2) is 53.8 Å². The molecule has 0 aliphatic carbocycles. The Bertz CT molecular complexity index is 983. The fraction of sp³-hybridized carbons (Fsp3) is 0.417. The van der Waals surface area contributed by atoms with Crippen LogP contribution in [0.4, 0.5) is 0 Å². The lowest BCUT2D eigenvalue weighted by molar-refractivity contribution is -0.142. The largest absolute Gasteiger partial charge is 0.480 e. The third kappa shape index (κ3) is 7.30. The second-order valence-electron chi connectivity index (χ2n) is 8.52. The van der Waals surface area contributed by atoms with Gasteiger partial charge in [0, 0.05) is 37.3 Å². The fourth-order valence-electron chi connectivity index (χ4n) is 3.56. The molecule has 0 spiro atoms. The number of aliphatic imine (C=N–C) groups is 1. The zero-order valence-corrected chi connectivity index (χ0v) is 20.1. The van der Waals surface area contributed by atoms with E-state index in [1.807, 2.05) is 50.4 Å². The number of carboxylic acid groups (broad SMARTS) is 1. The summed E-state index contributed by atoms with van der Waals surface area (Å²) >= 11 is 1.59. The number of carbonyl (C=O) groups is 2. The molecule has 2 aromatic rings. The van der Waals surface area contributed by atoms with Crippen LogP contribution < -0.4 is 5.32 Å². The van der Waals surface area contributed by atoms with Crippen molar-refractivity contribution in [3.8, 4) is 0 Å². The highest BCUT2D eigenvalue weighted by Gasteiger charge is 2.28. The molecule has 1 aromatic carbocycles. The van der Waals surface area contributed by atoms with Crippen LogP contribution in [0.25, 0.3) is 0 Å². The van der Waals surface area contributed by atoms with E-state index in [-0.39, 0.29) is 11.8 Å². The van der Waals surface area contributed by atoms with Crippen LogP contribution in [0.5, 0.6) is 0 Å². The number of rotatable bonds is 9. The van der Waals surface area contributed by atoms with Gasteiger partial charge in [-0.2, -0.15) is 0 Å². The summed E-state index contributed by atoms with van der Waals surface area (Å²) in [5.41, 5.74) is 2.62. The molecule has 33 heavy (non-hydrogen) atoms. The lowest BCUT2D eigenvalue weighted by atomic mass is 10.0. The summed E-state index contributed by atoms with van der Waals surface area (Å²) in [5, 5.41) is 13.8. The number of aliphatic carboxylic acids is 1. The van der Waals surface area contributed by atoms with Crippen molar-refractivity contribution in [1.29, 1.82) is 0 Å². The first-order chi connectivity index (χ1) is 15.8. The van der Waals surface area contributed by atoms with Crippen LogP contribution in [0.1, 0.15) is 41.8 Å². The second kappa shape index (κ2) is 11.8. The number of likely N-dealkylation sites (N-methyl/N-ethyl adjacent to an activating group) is 1. The maximum absolute atomic E-state index is 12.9. The molecule has 0 saturated carbocycles. The Morgan fingerprint density at radius 2 is 2.03 bits per heavy atom. The minimum absolute atomic E-state index is 0.174. The minimum atomic E-state index is -0.981. The summed E-state index contributed by atoms with van der Waals surface area (Å²) in [4.78, 5) is 36.9. The number of benzene rings is 1. The number of carbonyl (C=O) groups excluding carboxylic acids is 1. The van der Waals surface area contributed by atoms with E-state index in [1.165, 1.54) is 4.90 Å². The van der Waals surface area contributed by atoms with E-state index in [1.54, 1.807) is 31.1 Å². The Hall–Kier alpha value is -2.91. The molecule has 2 N–H and O–H groups in total. The van der Waals surface area contributed by atoms with Gasteiger partial charge in [-0.15, -0.1) is 0 Å². The van der Waals surface area contributed by atoms with Crippen molar-refractivity contribution in [2.75, 3.05) is 20.4 Å². The van der Waals surface area contributed by atoms with Crippen molar-refractivity contribution in [2.45, 2.75) is 38.6 Å². The Morgan fingerprint density at radius 3 is 2.67 bits per heavy atom. The Morgan fingerprint density at radius 1 is 1.24 bits per heavy atom. The number of nitrogens with one attached hydrogen (secondary N) is 1. The highest BCUT2D eigenvalue weighted by molar-refractivity contribution is 8.13. The third-order valence-electron chi connectivity index (χ3n) is 5.31. The summed E-state index contributed by atoms with van der Waals surface area (Å²) in [6, 6.07) is 10.5. The zero-order chi connectivity index (χ0) is 23.8. The molecule has 0 fully saturated rings. The number of amidine groups is 1. The van der Waals surface area contributed by atoms with Gasteiger partial charge in [-0.05, 0) is 41.7 Å². The first-order valence-electron chi connectivity index (χ1n) is 10.9. The summed E-state index contributed by atoms with van der Waals surface area (Å²) in [7, 11) is 1.56. The summed E-state index contributed by atoms with van der Waals surface area (Å²) in [6.07, 6.45) is 4.04. The van der Waals surface area contributed by atoms with Gasteiger partial charge >= 0.3 is 5.97 Å². The average molecular weight is 470 g/mol. The summed E-state index contributed by atoms with van der Waals surface area (Å²) < 4.78 is 0. The smallest absolute Gasteiger partial charge is 0.326 e. The molecule has 8 nitrogen and oxygen atoms in total. The van der Waals surface area contributed by atoms with Crippen molar-refractivity contribution in [3.05, 3.63) is 65.5 Å². The quantitative estimate of drug-likeness (QED) is 0.582. The van der Waals surface area contributed by atoms with Gasteiger partial charge in [-0.25, -0.2) is 9.79 Å². The number of hydrogen-bond donors (Lipinski definition) is 2. The standard InChI is InChI=1S/C24H31N5O3S/c1-17(2)10-21(23(31)32)28(3)22(30)20-8-4-6-18(11-20)14-33-24-26-15-29(16-27-24)13-19-7-5-9-25-12-19/h4-9,11-12,17,21H,10,13-16H2,1-3H3,(H,26,27)(H,31,32)/t21-/m0/s1. The van der Waals surface area contributed by atoms with Crippen molar-refractivity contribution in [3.63, 3.8) is 0 Å². The number of pyridine rings is 1. The predicted molar refractivity (Wildman–Crippen MR) is 131 cm³/mol. The molecule has 2 heterocycles. The number of carboxylic acids is 1. The minimum Gasteiger partial charge on any atom is -0.480 e. The van der Waals surface area contributed by atoms with E-state index in [0.717, 1.165) is 22.8 Å². The van der Waals surface area contributed by atoms with E-state index in [9.17, 15) is 14.7 Å². The molecule has 0 bridgehead atoms. The van der Waals surface area contributed by atoms with E-state index >= 15 is 0 Å². The molecule has 1 aliphatic heterocycles. The molecular formula is C24H31N5O3S. The second-order valence-corrected chi connectivity index (χ2v) is 9.48. The van der Waals surface area contributed by atoms with E-state index < -0.39 is 12.0 Å². The van der Waals surface area contributed by atoms with Gasteiger partial charge in [-0.3, -0.25) is 14.7 Å². The molecule has 1 aliphatic rings. The molecule has 0 saturated heterocycles. The SMILES string of the molecule is CC(C)C[C@@H](C(=O)O)N(C)C(=O)c1cccc(CSC2=NCN(Cc3cccnc3)CN2)c1. The Balaban J connectivity index is 1.55. The number of aromatic nitrogens is 1. The number of thioether (sulfide) groups is 1. The third-order valence-corrected chi connectivity index (χ3v) is 6.34. The molecule has 9 heteroatoms. The van der Waals surface area contributed by atoms with E-state index in [0.29, 0.717) is 31.1 Å². The van der Waals surface area contributed by atoms with Crippen LogP contribution in [-0.2, 0) is 17.1 Å². The van der Waals surface area contributed by atoms with E-state index in [2.05, 4.69) is 20.2 Å². The molecule has 0 unspecified atom stereocenters. The van der Waals surface area contributed by atoms with Gasteiger partial charge in [0.05, 0.1) is 13.3 Å². The topological polar surface area (TPSA) is 98.1 Å². The van der Waals surface area contributed by atoms with Crippen LogP contribution >= 0.6 is 11.8 Å². The molecular weight excluding hydrogens is 438 g/mol. The maximum Gasteiger partial charge on any atom is 0.326 e. The molecule has 1 atom stereocenters. The highest BCUT2D eigenvalue weighted by Crippen LogP contribution is 2.19. The lowest BCUT2D eigenvalue weighted by Crippen LogP contribution is -2.43. The molecule has 1 amide bonds. The molecule has 3 rings (SSSR count). The van der Waals surface area contributed by atoms with Gasteiger partial charge in [-0.1, -0.05) is 43.8 Å². The van der Waals surface area contributed by atoms with Crippen LogP contribution in [0.3, 0.4) is 0 Å². The highest BCUT2D eigenvalue weighted by atomic mass is 32.2. The normalized spacial score (nSPS) is 15.0. The molecule has 176 valence electrons. The molecule has 1 aromatic heterocycles. The first-order valence-corrected chi connectivity index (χ1v) is 11.9. The lowest BCUT2D eigenvalue weighted by Gasteiger charge is -2.27. The monoisotopic (exact) mass is 469 g/mol. The van der Waals surface area contributed by atoms with Crippen molar-refractivity contribution >= 4 is 28.8 Å². The van der Waals surface area contributed by atoms with Crippen molar-refractivity contribution in [2.24, 2.45) is 10.9 Å². The molecule has 0 radical (unpaired) electrons. The maximum atomic E-state index is 12.9.